The molecule has 16 heavy (non-hydrogen) atoms. The SMILES string of the molecule is Cc1ccc(F)c2c1C(NS(N)(=O)=O)CC2. The average Bonchev–Trinajstić information content (AvgIpc) is 2.54. The first kappa shape index (κ1) is 11.5. The van der Waals surface area contributed by atoms with Gasteiger partial charge in [-0.3, -0.25) is 0 Å². The second-order valence-electron chi connectivity index (χ2n) is 4.01. The van der Waals surface area contributed by atoms with Crippen molar-refractivity contribution in [3.63, 3.8) is 0 Å². The number of hydrogen-bond acceptors (Lipinski definition) is 2. The fraction of sp³-hybridized carbons (Fsp3) is 0.400. The molecular formula is C10H13FN2O2S. The molecule has 3 N–H and O–H groups in total. The molecule has 1 atom stereocenters. The molecule has 0 spiro atoms. The van der Waals surface area contributed by atoms with E-state index in [2.05, 4.69) is 4.72 Å². The molecule has 0 aromatic heterocycles. The van der Waals surface area contributed by atoms with Gasteiger partial charge in [0.25, 0.3) is 10.2 Å². The zero-order valence-electron chi connectivity index (χ0n) is 8.83. The van der Waals surface area contributed by atoms with Gasteiger partial charge in [-0.25, -0.2) is 9.53 Å². The Balaban J connectivity index is 2.43. The van der Waals surface area contributed by atoms with Crippen LogP contribution in [0.15, 0.2) is 12.1 Å². The van der Waals surface area contributed by atoms with Crippen LogP contribution in [-0.4, -0.2) is 8.42 Å². The maximum atomic E-state index is 13.5. The molecule has 4 nitrogen and oxygen atoms in total. The van der Waals surface area contributed by atoms with Gasteiger partial charge in [-0.2, -0.15) is 13.1 Å². The van der Waals surface area contributed by atoms with Crippen LogP contribution in [0.5, 0.6) is 0 Å². The molecular weight excluding hydrogens is 231 g/mol. The molecule has 0 bridgehead atoms. The van der Waals surface area contributed by atoms with Crippen molar-refractivity contribution in [1.29, 1.82) is 0 Å². The van der Waals surface area contributed by atoms with Crippen molar-refractivity contribution in [1.82, 2.24) is 4.72 Å². The van der Waals surface area contributed by atoms with Crippen molar-refractivity contribution in [2.45, 2.75) is 25.8 Å². The second kappa shape index (κ2) is 3.80. The third-order valence-electron chi connectivity index (χ3n) is 2.86. The standard InChI is InChI=1S/C10H13FN2O2S/c1-6-2-4-8(11)7-3-5-9(10(6)7)13-16(12,14)15/h2,4,9,13H,3,5H2,1H3,(H2,12,14,15). The number of fused-ring (bicyclic) bond motifs is 1. The molecule has 0 amide bonds. The van der Waals surface area contributed by atoms with Gasteiger partial charge in [0.15, 0.2) is 0 Å². The fourth-order valence-corrected chi connectivity index (χ4v) is 2.88. The van der Waals surface area contributed by atoms with E-state index >= 15 is 0 Å². The van der Waals surface area contributed by atoms with Gasteiger partial charge < -0.3 is 0 Å². The molecule has 88 valence electrons. The number of nitrogens with two attached hydrogens (primary N) is 1. The van der Waals surface area contributed by atoms with Crippen LogP contribution in [0.4, 0.5) is 4.39 Å². The molecule has 0 fully saturated rings. The van der Waals surface area contributed by atoms with E-state index in [1.165, 1.54) is 6.07 Å². The minimum Gasteiger partial charge on any atom is -0.216 e. The maximum absolute atomic E-state index is 13.5. The van der Waals surface area contributed by atoms with Crippen molar-refractivity contribution in [3.8, 4) is 0 Å². The smallest absolute Gasteiger partial charge is 0.216 e. The molecule has 0 radical (unpaired) electrons. The van der Waals surface area contributed by atoms with E-state index in [1.54, 1.807) is 6.07 Å². The number of aryl methyl sites for hydroxylation is 1. The zero-order valence-corrected chi connectivity index (χ0v) is 9.64. The summed E-state index contributed by atoms with van der Waals surface area (Å²) in [4.78, 5) is 0. The van der Waals surface area contributed by atoms with E-state index in [4.69, 9.17) is 5.14 Å². The Morgan fingerprint density at radius 1 is 1.50 bits per heavy atom. The Morgan fingerprint density at radius 2 is 2.19 bits per heavy atom. The van der Waals surface area contributed by atoms with Crippen molar-refractivity contribution in [2.75, 3.05) is 0 Å². The third-order valence-corrected chi connectivity index (χ3v) is 3.47. The van der Waals surface area contributed by atoms with Crippen molar-refractivity contribution >= 4 is 10.2 Å². The first-order valence-corrected chi connectivity index (χ1v) is 6.51. The topological polar surface area (TPSA) is 72.2 Å². The lowest BCUT2D eigenvalue weighted by atomic mass is 10.0. The lowest BCUT2D eigenvalue weighted by Gasteiger charge is -2.14. The zero-order chi connectivity index (χ0) is 11.9. The fourth-order valence-electron chi connectivity index (χ4n) is 2.24. The maximum Gasteiger partial charge on any atom is 0.274 e. The molecule has 0 saturated heterocycles. The van der Waals surface area contributed by atoms with Gasteiger partial charge in [-0.1, -0.05) is 6.07 Å². The molecule has 0 saturated carbocycles. The summed E-state index contributed by atoms with van der Waals surface area (Å²) < 4.78 is 37.7. The minimum atomic E-state index is -3.75. The van der Waals surface area contributed by atoms with Crippen LogP contribution in [0.3, 0.4) is 0 Å². The highest BCUT2D eigenvalue weighted by atomic mass is 32.2. The largest absolute Gasteiger partial charge is 0.274 e. The van der Waals surface area contributed by atoms with Crippen LogP contribution in [0.2, 0.25) is 0 Å². The van der Waals surface area contributed by atoms with Crippen LogP contribution in [0, 0.1) is 12.7 Å². The molecule has 0 aliphatic heterocycles. The van der Waals surface area contributed by atoms with Gasteiger partial charge in [0.2, 0.25) is 0 Å². The summed E-state index contributed by atoms with van der Waals surface area (Å²) in [7, 11) is -3.75. The summed E-state index contributed by atoms with van der Waals surface area (Å²) >= 11 is 0. The lowest BCUT2D eigenvalue weighted by molar-refractivity contribution is 0.555. The van der Waals surface area contributed by atoms with Crippen LogP contribution < -0.4 is 9.86 Å². The Hall–Kier alpha value is -0.980. The van der Waals surface area contributed by atoms with Crippen LogP contribution in [0.25, 0.3) is 0 Å². The number of nitrogens with one attached hydrogen (secondary N) is 1. The Kier molecular flexibility index (Phi) is 2.73. The summed E-state index contributed by atoms with van der Waals surface area (Å²) in [6, 6.07) is 2.66. The predicted octanol–water partition coefficient (Wildman–Crippen LogP) is 0.915. The molecule has 6 heteroatoms. The van der Waals surface area contributed by atoms with Crippen LogP contribution >= 0.6 is 0 Å². The molecule has 0 heterocycles. The Morgan fingerprint density at radius 3 is 2.81 bits per heavy atom. The van der Waals surface area contributed by atoms with Crippen molar-refractivity contribution in [3.05, 3.63) is 34.6 Å². The monoisotopic (exact) mass is 244 g/mol. The van der Waals surface area contributed by atoms with E-state index in [0.29, 0.717) is 18.4 Å². The minimum absolute atomic E-state index is 0.278. The van der Waals surface area contributed by atoms with Crippen molar-refractivity contribution < 1.29 is 12.8 Å². The van der Waals surface area contributed by atoms with E-state index < -0.39 is 16.3 Å². The molecule has 2 rings (SSSR count). The predicted molar refractivity (Wildman–Crippen MR) is 58.4 cm³/mol. The quantitative estimate of drug-likeness (QED) is 0.811. The highest BCUT2D eigenvalue weighted by Crippen LogP contribution is 2.35. The summed E-state index contributed by atoms with van der Waals surface area (Å²) in [5.41, 5.74) is 2.21. The number of rotatable bonds is 2. The second-order valence-corrected chi connectivity index (χ2v) is 5.34. The summed E-state index contributed by atoms with van der Waals surface area (Å²) in [6.07, 6.45) is 1.09. The molecule has 1 aliphatic rings. The van der Waals surface area contributed by atoms with Crippen LogP contribution in [-0.2, 0) is 16.6 Å². The summed E-state index contributed by atoms with van der Waals surface area (Å²) in [5.74, 6) is -0.278. The summed E-state index contributed by atoms with van der Waals surface area (Å²) in [5, 5.41) is 4.93. The van der Waals surface area contributed by atoms with E-state index in [0.717, 1.165) is 11.1 Å². The van der Waals surface area contributed by atoms with Gasteiger partial charge in [0.1, 0.15) is 5.82 Å². The first-order valence-electron chi connectivity index (χ1n) is 4.96. The average molecular weight is 244 g/mol. The van der Waals surface area contributed by atoms with Gasteiger partial charge in [-0.05, 0) is 42.5 Å². The van der Waals surface area contributed by atoms with Crippen molar-refractivity contribution in [2.24, 2.45) is 5.14 Å². The number of hydrogen-bond donors (Lipinski definition) is 2. The first-order chi connectivity index (χ1) is 7.38. The van der Waals surface area contributed by atoms with E-state index in [1.807, 2.05) is 6.92 Å². The van der Waals surface area contributed by atoms with Gasteiger partial charge in [0, 0.05) is 6.04 Å². The van der Waals surface area contributed by atoms with E-state index in [-0.39, 0.29) is 5.82 Å². The molecule has 1 aromatic rings. The summed E-state index contributed by atoms with van der Waals surface area (Å²) in [6.45, 7) is 1.83. The Labute approximate surface area is 93.8 Å². The highest BCUT2D eigenvalue weighted by Gasteiger charge is 2.28. The van der Waals surface area contributed by atoms with Gasteiger partial charge >= 0.3 is 0 Å². The number of halogens is 1. The molecule has 1 aromatic carbocycles. The third kappa shape index (κ3) is 2.09. The Bertz CT molecular complexity index is 528. The van der Waals surface area contributed by atoms with Crippen LogP contribution in [0.1, 0.15) is 29.2 Å². The lowest BCUT2D eigenvalue weighted by Crippen LogP contribution is -2.33. The van der Waals surface area contributed by atoms with Gasteiger partial charge in [0.05, 0.1) is 0 Å². The highest BCUT2D eigenvalue weighted by molar-refractivity contribution is 7.87. The molecule has 1 aliphatic carbocycles. The van der Waals surface area contributed by atoms with E-state index in [9.17, 15) is 12.8 Å². The van der Waals surface area contributed by atoms with Gasteiger partial charge in [-0.15, -0.1) is 0 Å². The number of benzene rings is 1. The molecule has 1 unspecified atom stereocenters. The normalized spacial score (nSPS) is 19.8.